The molecule has 0 unspecified atom stereocenters. The standard InChI is InChI=1S/C24H32N4O2/c1-19(21-10-6-8-20-7-2-3-9-22(20)21)25-23(29)17-26-13-15-27(16-14-26)18-24(30)28-11-4-5-12-28/h2-3,6-10,19H,4-5,11-18H2,1H3,(H,25,29)/t19-/m1/s1. The number of benzene rings is 2. The second kappa shape index (κ2) is 9.58. The van der Waals surface area contributed by atoms with Gasteiger partial charge in [0.15, 0.2) is 0 Å². The van der Waals surface area contributed by atoms with Crippen molar-refractivity contribution in [1.29, 1.82) is 0 Å². The molecule has 30 heavy (non-hydrogen) atoms. The summed E-state index contributed by atoms with van der Waals surface area (Å²) in [6.07, 6.45) is 2.26. The number of carbonyl (C=O) groups excluding carboxylic acids is 2. The van der Waals surface area contributed by atoms with E-state index in [1.807, 2.05) is 30.0 Å². The molecule has 0 radical (unpaired) electrons. The van der Waals surface area contributed by atoms with E-state index >= 15 is 0 Å². The van der Waals surface area contributed by atoms with Crippen LogP contribution in [0.4, 0.5) is 0 Å². The zero-order valence-corrected chi connectivity index (χ0v) is 17.8. The fourth-order valence-corrected chi connectivity index (χ4v) is 4.56. The summed E-state index contributed by atoms with van der Waals surface area (Å²) < 4.78 is 0. The fraction of sp³-hybridized carbons (Fsp3) is 0.500. The molecule has 2 saturated heterocycles. The highest BCUT2D eigenvalue weighted by atomic mass is 16.2. The molecule has 0 spiro atoms. The quantitative estimate of drug-likeness (QED) is 0.797. The minimum absolute atomic E-state index is 0.0389. The highest BCUT2D eigenvalue weighted by molar-refractivity contribution is 5.87. The van der Waals surface area contributed by atoms with E-state index in [4.69, 9.17) is 0 Å². The number of nitrogens with zero attached hydrogens (tertiary/aromatic N) is 3. The van der Waals surface area contributed by atoms with E-state index in [1.54, 1.807) is 0 Å². The summed E-state index contributed by atoms with van der Waals surface area (Å²) >= 11 is 0. The summed E-state index contributed by atoms with van der Waals surface area (Å²) in [6, 6.07) is 14.5. The number of hydrogen-bond donors (Lipinski definition) is 1. The van der Waals surface area contributed by atoms with E-state index in [-0.39, 0.29) is 17.9 Å². The van der Waals surface area contributed by atoms with Crippen LogP contribution in [-0.4, -0.2) is 78.9 Å². The fourth-order valence-electron chi connectivity index (χ4n) is 4.56. The third kappa shape index (κ3) is 4.99. The maximum Gasteiger partial charge on any atom is 0.236 e. The van der Waals surface area contributed by atoms with Gasteiger partial charge in [-0.3, -0.25) is 19.4 Å². The predicted octanol–water partition coefficient (Wildman–Crippen LogP) is 2.26. The molecule has 4 rings (SSSR count). The molecule has 2 aromatic rings. The third-order valence-electron chi connectivity index (χ3n) is 6.32. The van der Waals surface area contributed by atoms with Crippen LogP contribution in [0.3, 0.4) is 0 Å². The molecule has 2 aliphatic rings. The lowest BCUT2D eigenvalue weighted by Gasteiger charge is -2.34. The van der Waals surface area contributed by atoms with Crippen molar-refractivity contribution in [3.8, 4) is 0 Å². The number of carbonyl (C=O) groups is 2. The van der Waals surface area contributed by atoms with Crippen molar-refractivity contribution in [3.63, 3.8) is 0 Å². The van der Waals surface area contributed by atoms with Gasteiger partial charge in [0.05, 0.1) is 19.1 Å². The van der Waals surface area contributed by atoms with Crippen molar-refractivity contribution >= 4 is 22.6 Å². The second-order valence-electron chi connectivity index (χ2n) is 8.50. The lowest BCUT2D eigenvalue weighted by molar-refractivity contribution is -0.132. The number of nitrogens with one attached hydrogen (secondary N) is 1. The molecule has 0 bridgehead atoms. The van der Waals surface area contributed by atoms with Crippen LogP contribution >= 0.6 is 0 Å². The van der Waals surface area contributed by atoms with Crippen molar-refractivity contribution in [1.82, 2.24) is 20.0 Å². The van der Waals surface area contributed by atoms with Crippen LogP contribution in [0.1, 0.15) is 31.4 Å². The number of fused-ring (bicyclic) bond motifs is 1. The zero-order valence-electron chi connectivity index (χ0n) is 17.8. The van der Waals surface area contributed by atoms with Crippen LogP contribution in [0.5, 0.6) is 0 Å². The van der Waals surface area contributed by atoms with E-state index in [9.17, 15) is 9.59 Å². The molecule has 160 valence electrons. The molecule has 2 aliphatic heterocycles. The normalized spacial score (nSPS) is 19.2. The van der Waals surface area contributed by atoms with E-state index < -0.39 is 0 Å². The maximum atomic E-state index is 12.6. The van der Waals surface area contributed by atoms with Crippen LogP contribution in [0, 0.1) is 0 Å². The Labute approximate surface area is 178 Å². The molecule has 1 N–H and O–H groups in total. The summed E-state index contributed by atoms with van der Waals surface area (Å²) in [5.41, 5.74) is 1.15. The molecule has 1 atom stereocenters. The monoisotopic (exact) mass is 408 g/mol. The van der Waals surface area contributed by atoms with Crippen LogP contribution in [-0.2, 0) is 9.59 Å². The number of piperazine rings is 1. The highest BCUT2D eigenvalue weighted by Crippen LogP contribution is 2.24. The molecule has 6 nitrogen and oxygen atoms in total. The van der Waals surface area contributed by atoms with E-state index in [2.05, 4.69) is 39.4 Å². The minimum Gasteiger partial charge on any atom is -0.348 e. The molecule has 0 aromatic heterocycles. The van der Waals surface area contributed by atoms with Gasteiger partial charge in [-0.05, 0) is 36.1 Å². The van der Waals surface area contributed by atoms with Crippen molar-refractivity contribution in [2.24, 2.45) is 0 Å². The Morgan fingerprint density at radius 2 is 1.50 bits per heavy atom. The van der Waals surface area contributed by atoms with Crippen LogP contribution in [0.2, 0.25) is 0 Å². The summed E-state index contributed by atoms with van der Waals surface area (Å²) in [6.45, 7) is 8.11. The van der Waals surface area contributed by atoms with E-state index in [0.29, 0.717) is 13.1 Å². The first-order valence-electron chi connectivity index (χ1n) is 11.1. The van der Waals surface area contributed by atoms with Crippen LogP contribution < -0.4 is 5.32 Å². The van der Waals surface area contributed by atoms with Gasteiger partial charge in [-0.2, -0.15) is 0 Å². The molecule has 2 fully saturated rings. The van der Waals surface area contributed by atoms with Gasteiger partial charge in [0.1, 0.15) is 0 Å². The lowest BCUT2D eigenvalue weighted by atomic mass is 10.00. The van der Waals surface area contributed by atoms with Gasteiger partial charge in [0.25, 0.3) is 0 Å². The van der Waals surface area contributed by atoms with Crippen molar-refractivity contribution in [2.45, 2.75) is 25.8 Å². The summed E-state index contributed by atoms with van der Waals surface area (Å²) in [5.74, 6) is 0.305. The van der Waals surface area contributed by atoms with Crippen molar-refractivity contribution in [3.05, 3.63) is 48.0 Å². The van der Waals surface area contributed by atoms with Crippen LogP contribution in [0.25, 0.3) is 10.8 Å². The Bertz CT molecular complexity index is 880. The van der Waals surface area contributed by atoms with Gasteiger partial charge < -0.3 is 10.2 Å². The van der Waals surface area contributed by atoms with Gasteiger partial charge in [0, 0.05) is 39.3 Å². The maximum absolute atomic E-state index is 12.6. The first kappa shape index (κ1) is 20.8. The SMILES string of the molecule is C[C@@H](NC(=O)CN1CCN(CC(=O)N2CCCC2)CC1)c1cccc2ccccc12. The Balaban J connectivity index is 1.24. The number of amides is 2. The highest BCUT2D eigenvalue weighted by Gasteiger charge is 2.24. The first-order chi connectivity index (χ1) is 14.6. The van der Waals surface area contributed by atoms with E-state index in [1.165, 1.54) is 10.8 Å². The smallest absolute Gasteiger partial charge is 0.236 e. The molecule has 2 amide bonds. The number of likely N-dealkylation sites (tertiary alicyclic amines) is 1. The third-order valence-corrected chi connectivity index (χ3v) is 6.32. The molecular weight excluding hydrogens is 376 g/mol. The Kier molecular flexibility index (Phi) is 6.65. The van der Waals surface area contributed by atoms with Gasteiger partial charge in [0.2, 0.25) is 11.8 Å². The van der Waals surface area contributed by atoms with Gasteiger partial charge in [-0.15, -0.1) is 0 Å². The average Bonchev–Trinajstić information content (AvgIpc) is 3.30. The average molecular weight is 409 g/mol. The molecule has 6 heteroatoms. The molecule has 2 aromatic carbocycles. The number of hydrogen-bond acceptors (Lipinski definition) is 4. The Morgan fingerprint density at radius 1 is 0.867 bits per heavy atom. The first-order valence-corrected chi connectivity index (χ1v) is 11.1. The largest absolute Gasteiger partial charge is 0.348 e. The van der Waals surface area contributed by atoms with Gasteiger partial charge in [-0.25, -0.2) is 0 Å². The number of rotatable bonds is 6. The summed E-state index contributed by atoms with van der Waals surface area (Å²) in [5, 5.41) is 5.54. The summed E-state index contributed by atoms with van der Waals surface area (Å²) in [4.78, 5) is 31.3. The molecular formula is C24H32N4O2. The summed E-state index contributed by atoms with van der Waals surface area (Å²) in [7, 11) is 0. The van der Waals surface area contributed by atoms with Gasteiger partial charge in [-0.1, -0.05) is 42.5 Å². The van der Waals surface area contributed by atoms with Crippen molar-refractivity contribution < 1.29 is 9.59 Å². The lowest BCUT2D eigenvalue weighted by Crippen LogP contribution is -2.51. The second-order valence-corrected chi connectivity index (χ2v) is 8.50. The minimum atomic E-state index is -0.0389. The zero-order chi connectivity index (χ0) is 20.9. The predicted molar refractivity (Wildman–Crippen MR) is 119 cm³/mol. The topological polar surface area (TPSA) is 55.9 Å². The molecule has 0 aliphatic carbocycles. The van der Waals surface area contributed by atoms with E-state index in [0.717, 1.165) is 57.7 Å². The van der Waals surface area contributed by atoms with Gasteiger partial charge >= 0.3 is 0 Å². The molecule has 0 saturated carbocycles. The van der Waals surface area contributed by atoms with Crippen molar-refractivity contribution in [2.75, 3.05) is 52.4 Å². The molecule has 2 heterocycles. The Hall–Kier alpha value is -2.44. The van der Waals surface area contributed by atoms with Crippen LogP contribution in [0.15, 0.2) is 42.5 Å². The Morgan fingerprint density at radius 3 is 2.23 bits per heavy atom.